The van der Waals surface area contributed by atoms with E-state index in [4.69, 9.17) is 4.74 Å². The van der Waals surface area contributed by atoms with Crippen molar-refractivity contribution in [3.05, 3.63) is 65.2 Å². The highest BCUT2D eigenvalue weighted by molar-refractivity contribution is 5.85. The van der Waals surface area contributed by atoms with Crippen LogP contribution in [0.4, 0.5) is 13.2 Å². The van der Waals surface area contributed by atoms with Crippen molar-refractivity contribution in [2.45, 2.75) is 44.0 Å². The molecule has 2 aromatic rings. The van der Waals surface area contributed by atoms with Crippen LogP contribution >= 0.6 is 0 Å². The van der Waals surface area contributed by atoms with Gasteiger partial charge in [-0.1, -0.05) is 24.3 Å². The van der Waals surface area contributed by atoms with Crippen LogP contribution in [0.3, 0.4) is 0 Å². The van der Waals surface area contributed by atoms with Crippen molar-refractivity contribution in [2.24, 2.45) is 0 Å². The number of carbonyl (C=O) groups is 2. The van der Waals surface area contributed by atoms with Crippen molar-refractivity contribution in [1.82, 2.24) is 5.32 Å². The minimum absolute atomic E-state index is 0.0545. The summed E-state index contributed by atoms with van der Waals surface area (Å²) >= 11 is 0. The van der Waals surface area contributed by atoms with Crippen LogP contribution in [-0.2, 0) is 4.79 Å². The van der Waals surface area contributed by atoms with Gasteiger partial charge in [0.2, 0.25) is 0 Å². The van der Waals surface area contributed by atoms with Crippen molar-refractivity contribution >= 4 is 11.9 Å². The van der Waals surface area contributed by atoms with Crippen LogP contribution in [0.2, 0.25) is 0 Å². The summed E-state index contributed by atoms with van der Waals surface area (Å²) in [5.41, 5.74) is 1.69. The highest BCUT2D eigenvalue weighted by atomic mass is 19.4. The molecule has 1 aliphatic carbocycles. The van der Waals surface area contributed by atoms with Crippen molar-refractivity contribution in [2.75, 3.05) is 0 Å². The van der Waals surface area contributed by atoms with Gasteiger partial charge < -0.3 is 20.0 Å². The van der Waals surface area contributed by atoms with E-state index in [1.54, 1.807) is 12.1 Å². The quantitative estimate of drug-likeness (QED) is 0.767. The van der Waals surface area contributed by atoms with E-state index in [1.807, 2.05) is 17.4 Å². The number of carboxylic acids is 1. The van der Waals surface area contributed by atoms with Crippen molar-refractivity contribution in [1.29, 1.82) is 0 Å². The van der Waals surface area contributed by atoms with Crippen LogP contribution in [0.25, 0.3) is 0 Å². The first-order valence-corrected chi connectivity index (χ1v) is 9.11. The predicted molar refractivity (Wildman–Crippen MR) is 96.2 cm³/mol. The van der Waals surface area contributed by atoms with E-state index >= 15 is 0 Å². The second-order valence-electron chi connectivity index (χ2n) is 7.05. The summed E-state index contributed by atoms with van der Waals surface area (Å²) in [7, 11) is 0. The fourth-order valence-corrected chi connectivity index (χ4v) is 3.01. The Hall–Kier alpha value is -3.03. The van der Waals surface area contributed by atoms with Gasteiger partial charge in [0.25, 0.3) is 0 Å². The van der Waals surface area contributed by atoms with Gasteiger partial charge in [-0.15, -0.1) is 0 Å². The summed E-state index contributed by atoms with van der Waals surface area (Å²) in [6.07, 6.45) is -3.70. The van der Waals surface area contributed by atoms with E-state index in [-0.39, 0.29) is 11.3 Å². The Bertz CT molecular complexity index is 874. The number of ether oxygens (including phenoxy) is 1. The Balaban J connectivity index is 1.83. The highest BCUT2D eigenvalue weighted by Crippen LogP contribution is 2.40. The predicted octanol–water partition coefficient (Wildman–Crippen LogP) is 3.11. The number of rotatable bonds is 7. The highest BCUT2D eigenvalue weighted by Gasteiger charge is 2.40. The van der Waals surface area contributed by atoms with Crippen LogP contribution in [0.1, 0.15) is 53.3 Å². The van der Waals surface area contributed by atoms with Crippen LogP contribution in [0.15, 0.2) is 48.5 Å². The van der Waals surface area contributed by atoms with Crippen molar-refractivity contribution in [3.63, 3.8) is 0 Å². The maximum absolute atomic E-state index is 12.7. The lowest BCUT2D eigenvalue weighted by atomic mass is 10.00. The van der Waals surface area contributed by atoms with E-state index in [2.05, 4.69) is 0 Å². The molecule has 1 N–H and O–H groups in total. The first-order valence-electron chi connectivity index (χ1n) is 9.11. The van der Waals surface area contributed by atoms with Crippen LogP contribution in [0.5, 0.6) is 5.75 Å². The average Bonchev–Trinajstić information content (AvgIpc) is 3.51. The van der Waals surface area contributed by atoms with Gasteiger partial charge >= 0.3 is 12.1 Å². The molecule has 0 spiro atoms. The molecule has 0 saturated heterocycles. The SMILES string of the molecule is C[C@H](NC(=O)C(F)(F)F)[C@H](Oc1ccc(C(=O)[O-])cc1)c1ccc(C2CC2)cc1. The summed E-state index contributed by atoms with van der Waals surface area (Å²) in [6, 6.07) is 11.7. The van der Waals surface area contributed by atoms with Crippen molar-refractivity contribution in [3.8, 4) is 5.75 Å². The molecule has 0 heterocycles. The smallest absolute Gasteiger partial charge is 0.471 e. The Morgan fingerprint density at radius 1 is 1.07 bits per heavy atom. The van der Waals surface area contributed by atoms with Gasteiger partial charge in [-0.25, -0.2) is 0 Å². The topological polar surface area (TPSA) is 78.5 Å². The largest absolute Gasteiger partial charge is 0.545 e. The Kier molecular flexibility index (Phi) is 5.81. The maximum atomic E-state index is 12.7. The van der Waals surface area contributed by atoms with Gasteiger partial charge in [-0.2, -0.15) is 13.2 Å². The van der Waals surface area contributed by atoms with Gasteiger partial charge in [-0.3, -0.25) is 4.79 Å². The molecule has 29 heavy (non-hydrogen) atoms. The lowest BCUT2D eigenvalue weighted by Gasteiger charge is -2.27. The maximum Gasteiger partial charge on any atom is 0.471 e. The third-order valence-corrected chi connectivity index (χ3v) is 4.74. The molecule has 0 unspecified atom stereocenters. The second kappa shape index (κ2) is 8.14. The van der Waals surface area contributed by atoms with Gasteiger partial charge in [-0.05, 0) is 66.6 Å². The Labute approximate surface area is 165 Å². The number of aromatic carboxylic acids is 1. The van der Waals surface area contributed by atoms with E-state index in [1.165, 1.54) is 31.2 Å². The summed E-state index contributed by atoms with van der Waals surface area (Å²) in [5.74, 6) is -2.64. The molecule has 1 fully saturated rings. The number of hydrogen-bond donors (Lipinski definition) is 1. The fourth-order valence-electron chi connectivity index (χ4n) is 3.01. The van der Waals surface area contributed by atoms with E-state index < -0.39 is 30.2 Å². The molecule has 8 heteroatoms. The number of halogens is 3. The lowest BCUT2D eigenvalue weighted by Crippen LogP contribution is -2.45. The molecule has 0 radical (unpaired) electrons. The molecule has 0 bridgehead atoms. The van der Waals surface area contributed by atoms with Crippen LogP contribution < -0.4 is 15.2 Å². The average molecular weight is 406 g/mol. The third kappa shape index (κ3) is 5.28. The number of hydrogen-bond acceptors (Lipinski definition) is 4. The molecule has 0 aliphatic heterocycles. The molecule has 3 rings (SSSR count). The first kappa shape index (κ1) is 20.7. The normalized spacial score (nSPS) is 16.0. The zero-order valence-electron chi connectivity index (χ0n) is 15.5. The molecule has 2 atom stereocenters. The zero-order chi connectivity index (χ0) is 21.2. The van der Waals surface area contributed by atoms with E-state index in [9.17, 15) is 27.9 Å². The number of carboxylic acid groups (broad SMARTS) is 1. The number of alkyl halides is 3. The zero-order valence-corrected chi connectivity index (χ0v) is 15.5. The van der Waals surface area contributed by atoms with Crippen LogP contribution in [0, 0.1) is 0 Å². The monoisotopic (exact) mass is 406 g/mol. The molecular formula is C21H19F3NO4-. The number of carbonyl (C=O) groups excluding carboxylic acids is 2. The van der Waals surface area contributed by atoms with Gasteiger partial charge in [0.05, 0.1) is 12.0 Å². The van der Waals surface area contributed by atoms with E-state index in [0.717, 1.165) is 18.4 Å². The minimum atomic E-state index is -5.01. The molecule has 1 saturated carbocycles. The van der Waals surface area contributed by atoms with E-state index in [0.29, 0.717) is 11.5 Å². The molecule has 2 aromatic carbocycles. The Morgan fingerprint density at radius 3 is 2.14 bits per heavy atom. The second-order valence-corrected chi connectivity index (χ2v) is 7.05. The summed E-state index contributed by atoms with van der Waals surface area (Å²) in [6.45, 7) is 1.42. The van der Waals surface area contributed by atoms with Gasteiger partial charge in [0.15, 0.2) is 0 Å². The lowest BCUT2D eigenvalue weighted by molar-refractivity contribution is -0.255. The first-order chi connectivity index (χ1) is 13.6. The molecule has 1 amide bonds. The number of benzene rings is 2. The van der Waals surface area contributed by atoms with Crippen molar-refractivity contribution < 1.29 is 32.6 Å². The fraction of sp³-hybridized carbons (Fsp3) is 0.333. The number of nitrogens with one attached hydrogen (secondary N) is 1. The molecular weight excluding hydrogens is 387 g/mol. The summed E-state index contributed by atoms with van der Waals surface area (Å²) in [4.78, 5) is 22.2. The van der Waals surface area contributed by atoms with Gasteiger partial charge in [0, 0.05) is 0 Å². The summed E-state index contributed by atoms with van der Waals surface area (Å²) in [5, 5.41) is 12.8. The third-order valence-electron chi connectivity index (χ3n) is 4.74. The van der Waals surface area contributed by atoms with Gasteiger partial charge in [0.1, 0.15) is 11.9 Å². The number of amides is 1. The minimum Gasteiger partial charge on any atom is -0.545 e. The molecule has 5 nitrogen and oxygen atoms in total. The standard InChI is InChI=1S/C21H20F3NO4/c1-12(25-20(28)21(22,23)24)18(15-6-4-14(5-7-15)13-2-3-13)29-17-10-8-16(9-11-17)19(26)27/h4-13,18H,2-3H2,1H3,(H,25,28)(H,26,27)/p-1/t12-,18-/m0/s1. The van der Waals surface area contributed by atoms with Crippen LogP contribution in [-0.4, -0.2) is 24.1 Å². The molecule has 154 valence electrons. The Morgan fingerprint density at radius 2 is 1.66 bits per heavy atom. The molecule has 1 aliphatic rings. The molecule has 0 aromatic heterocycles. The summed E-state index contributed by atoms with van der Waals surface area (Å²) < 4.78 is 43.8.